The van der Waals surface area contributed by atoms with Crippen LogP contribution in [0.1, 0.15) is 11.1 Å². The fourth-order valence-electron chi connectivity index (χ4n) is 3.12. The first-order valence-corrected chi connectivity index (χ1v) is 14.0. The lowest BCUT2D eigenvalue weighted by atomic mass is 10.2. The predicted molar refractivity (Wildman–Crippen MR) is 124 cm³/mol. The van der Waals surface area contributed by atoms with Crippen LogP contribution < -0.4 is 0 Å². The maximum Gasteiger partial charge on any atom is 0.261 e. The van der Waals surface area contributed by atoms with Gasteiger partial charge in [-0.2, -0.15) is 0 Å². The van der Waals surface area contributed by atoms with Crippen LogP contribution in [-0.2, 0) is 24.6 Å². The maximum absolute atomic E-state index is 6.26. The van der Waals surface area contributed by atoms with Crippen LogP contribution in [0, 0.1) is 0 Å². The molecule has 0 aliphatic heterocycles. The third-order valence-corrected chi connectivity index (χ3v) is 11.5. The van der Waals surface area contributed by atoms with Crippen molar-refractivity contribution < 1.29 is 4.42 Å². The second-order valence-corrected chi connectivity index (χ2v) is 15.3. The lowest BCUT2D eigenvalue weighted by Gasteiger charge is -2.20. The molecule has 0 N–H and O–H groups in total. The van der Waals surface area contributed by atoms with Crippen LogP contribution in [0.3, 0.4) is 0 Å². The summed E-state index contributed by atoms with van der Waals surface area (Å²) < 4.78 is 5.98. The molecule has 142 valence electrons. The molecule has 0 radical (unpaired) electrons. The number of hydrogen-bond acceptors (Lipinski definition) is 4. The molecule has 4 aromatic rings. The van der Waals surface area contributed by atoms with Crippen molar-refractivity contribution in [2.24, 2.45) is 0 Å². The van der Waals surface area contributed by atoms with Gasteiger partial charge in [0.15, 0.2) is 5.58 Å². The van der Waals surface area contributed by atoms with Crippen molar-refractivity contribution in [1.29, 1.82) is 0 Å². The number of para-hydroxylation sites is 2. The van der Waals surface area contributed by atoms with Crippen LogP contribution in [0.4, 0.5) is 0 Å². The Balaban J connectivity index is 1.53. The molecule has 0 spiro atoms. The number of aryl methyl sites for hydroxylation is 2. The van der Waals surface area contributed by atoms with Crippen LogP contribution in [-0.4, -0.2) is 17.3 Å². The molecular formula is C23H22NOPS2. The largest absolute Gasteiger partial charge is 0.431 e. The summed E-state index contributed by atoms with van der Waals surface area (Å²) in [6.45, 7) is 0. The highest BCUT2D eigenvalue weighted by Gasteiger charge is 2.22. The molecule has 28 heavy (non-hydrogen) atoms. The zero-order chi connectivity index (χ0) is 19.2. The summed E-state index contributed by atoms with van der Waals surface area (Å²) in [7, 11) is 0. The van der Waals surface area contributed by atoms with Gasteiger partial charge >= 0.3 is 0 Å². The summed E-state index contributed by atoms with van der Waals surface area (Å²) in [5, 5.41) is -1.02. The van der Waals surface area contributed by atoms with Gasteiger partial charge in [-0.05, 0) is 59.8 Å². The van der Waals surface area contributed by atoms with Gasteiger partial charge in [0.25, 0.3) is 5.22 Å². The minimum atomic E-state index is -1.73. The Morgan fingerprint density at radius 3 is 1.86 bits per heavy atom. The summed E-state index contributed by atoms with van der Waals surface area (Å²) in [6, 6.07) is 29.1. The Hall–Kier alpha value is -1.87. The molecule has 4 rings (SSSR count). The number of rotatable bonds is 8. The third kappa shape index (κ3) is 5.14. The fraction of sp³-hybridized carbons (Fsp3) is 0.174. The van der Waals surface area contributed by atoms with Gasteiger partial charge in [0, 0.05) is 5.24 Å². The van der Waals surface area contributed by atoms with E-state index in [0.717, 1.165) is 36.3 Å². The van der Waals surface area contributed by atoms with Crippen molar-refractivity contribution in [3.05, 3.63) is 96.1 Å². The highest BCUT2D eigenvalue weighted by molar-refractivity contribution is 8.70. The van der Waals surface area contributed by atoms with Crippen molar-refractivity contribution >= 4 is 39.5 Å². The fourth-order valence-corrected chi connectivity index (χ4v) is 8.58. The first kappa shape index (κ1) is 19.4. The smallest absolute Gasteiger partial charge is 0.261 e. The molecule has 5 heteroatoms. The molecule has 0 amide bonds. The zero-order valence-electron chi connectivity index (χ0n) is 15.5. The van der Waals surface area contributed by atoms with Gasteiger partial charge in [-0.1, -0.05) is 84.6 Å². The van der Waals surface area contributed by atoms with E-state index in [1.54, 1.807) is 11.4 Å². The molecule has 0 bridgehead atoms. The molecule has 0 aliphatic rings. The Kier molecular flexibility index (Phi) is 6.31. The van der Waals surface area contributed by atoms with E-state index < -0.39 is 5.24 Å². The summed E-state index contributed by atoms with van der Waals surface area (Å²) in [4.78, 5) is 4.67. The van der Waals surface area contributed by atoms with Crippen molar-refractivity contribution in [2.45, 2.75) is 18.1 Å². The van der Waals surface area contributed by atoms with E-state index >= 15 is 0 Å². The summed E-state index contributed by atoms with van der Waals surface area (Å²) in [6.07, 6.45) is 4.01. The van der Waals surface area contributed by atoms with E-state index in [2.05, 4.69) is 65.6 Å². The lowest BCUT2D eigenvalue weighted by Crippen LogP contribution is -1.99. The van der Waals surface area contributed by atoms with Gasteiger partial charge in [-0.25, -0.2) is 4.98 Å². The molecule has 0 atom stereocenters. The number of aromatic nitrogens is 1. The van der Waals surface area contributed by atoms with Crippen molar-refractivity contribution in [1.82, 2.24) is 4.98 Å². The average molecular weight is 424 g/mol. The Bertz CT molecular complexity index is 999. The Morgan fingerprint density at radius 1 is 0.750 bits per heavy atom. The standard InChI is InChI=1S/C23H22NOPS2/c27-26(17-15-19-9-3-1-4-10-19,18-16-20-11-5-2-6-12-20)28-23-24-21-13-7-8-14-22(21)25-23/h1-14H,15-18H2. The van der Waals surface area contributed by atoms with Crippen molar-refractivity contribution in [3.8, 4) is 0 Å². The van der Waals surface area contributed by atoms with Gasteiger partial charge in [-0.3, -0.25) is 0 Å². The van der Waals surface area contributed by atoms with Gasteiger partial charge in [-0.15, -0.1) is 0 Å². The molecular weight excluding hydrogens is 401 g/mol. The molecule has 2 nitrogen and oxygen atoms in total. The zero-order valence-corrected chi connectivity index (χ0v) is 18.1. The number of hydrogen-bond donors (Lipinski definition) is 0. The van der Waals surface area contributed by atoms with Crippen molar-refractivity contribution in [3.63, 3.8) is 0 Å². The molecule has 1 heterocycles. The maximum atomic E-state index is 6.26. The second kappa shape index (κ2) is 9.09. The molecule has 0 unspecified atom stereocenters. The molecule has 1 aromatic heterocycles. The first-order chi connectivity index (χ1) is 13.7. The second-order valence-electron chi connectivity index (χ2n) is 6.77. The van der Waals surface area contributed by atoms with E-state index in [4.69, 9.17) is 16.2 Å². The Labute approximate surface area is 175 Å². The van der Waals surface area contributed by atoms with E-state index in [9.17, 15) is 0 Å². The van der Waals surface area contributed by atoms with Crippen molar-refractivity contribution in [2.75, 3.05) is 12.3 Å². The first-order valence-electron chi connectivity index (χ1n) is 9.41. The van der Waals surface area contributed by atoms with Gasteiger partial charge in [0.1, 0.15) is 5.52 Å². The Morgan fingerprint density at radius 2 is 1.29 bits per heavy atom. The molecule has 0 saturated heterocycles. The molecule has 3 aromatic carbocycles. The average Bonchev–Trinajstić information content (AvgIpc) is 3.14. The minimum Gasteiger partial charge on any atom is -0.431 e. The van der Waals surface area contributed by atoms with Crippen LogP contribution in [0.15, 0.2) is 94.6 Å². The van der Waals surface area contributed by atoms with Crippen LogP contribution in [0.25, 0.3) is 11.1 Å². The van der Waals surface area contributed by atoms with Crippen LogP contribution in [0.5, 0.6) is 0 Å². The number of fused-ring (bicyclic) bond motifs is 1. The number of nitrogens with zero attached hydrogens (tertiary/aromatic N) is 1. The molecule has 0 saturated carbocycles. The van der Waals surface area contributed by atoms with E-state index in [-0.39, 0.29) is 0 Å². The molecule has 0 fully saturated rings. The highest BCUT2D eigenvalue weighted by atomic mass is 32.9. The number of benzene rings is 3. The van der Waals surface area contributed by atoms with E-state index in [1.165, 1.54) is 11.1 Å². The molecule has 0 aliphatic carbocycles. The summed E-state index contributed by atoms with van der Waals surface area (Å²) in [5.41, 5.74) is 4.42. The summed E-state index contributed by atoms with van der Waals surface area (Å²) in [5.74, 6) is 0. The van der Waals surface area contributed by atoms with Crippen LogP contribution in [0.2, 0.25) is 0 Å². The predicted octanol–water partition coefficient (Wildman–Crippen LogP) is 6.80. The van der Waals surface area contributed by atoms with E-state index in [0.29, 0.717) is 5.22 Å². The topological polar surface area (TPSA) is 26.0 Å². The van der Waals surface area contributed by atoms with Gasteiger partial charge < -0.3 is 4.42 Å². The van der Waals surface area contributed by atoms with Gasteiger partial charge in [0.05, 0.1) is 0 Å². The number of oxazole rings is 1. The minimum absolute atomic E-state index is 0.714. The highest BCUT2D eigenvalue weighted by Crippen LogP contribution is 2.62. The van der Waals surface area contributed by atoms with Gasteiger partial charge in [0.2, 0.25) is 0 Å². The SMILES string of the molecule is S=P(CCc1ccccc1)(CCc1ccccc1)Sc1nc2ccccc2o1. The lowest BCUT2D eigenvalue weighted by molar-refractivity contribution is 0.491. The monoisotopic (exact) mass is 423 g/mol. The van der Waals surface area contributed by atoms with E-state index in [1.807, 2.05) is 24.3 Å². The quantitative estimate of drug-likeness (QED) is 0.291. The third-order valence-electron chi connectivity index (χ3n) is 4.69. The normalized spacial score (nSPS) is 11.7. The summed E-state index contributed by atoms with van der Waals surface area (Å²) >= 11 is 7.96. The van der Waals surface area contributed by atoms with Crippen LogP contribution >= 0.6 is 16.6 Å².